The molecule has 1 heterocycles. The van der Waals surface area contributed by atoms with Crippen molar-refractivity contribution in [3.05, 3.63) is 40.2 Å². The second kappa shape index (κ2) is 6.18. The first-order valence-corrected chi connectivity index (χ1v) is 6.92. The Morgan fingerprint density at radius 1 is 1.38 bits per heavy atom. The van der Waals surface area contributed by atoms with Crippen molar-refractivity contribution >= 4 is 23.2 Å². The number of hydrogen-bond acceptors (Lipinski definition) is 3. The van der Waals surface area contributed by atoms with Gasteiger partial charge in [0.25, 0.3) is 0 Å². The Labute approximate surface area is 128 Å². The lowest BCUT2D eigenvalue weighted by atomic mass is 10.2. The molecule has 5 nitrogen and oxygen atoms in total. The Bertz CT molecular complexity index is 680. The highest BCUT2D eigenvalue weighted by atomic mass is 35.5. The first kappa shape index (κ1) is 15.4. The lowest BCUT2D eigenvalue weighted by Crippen LogP contribution is -2.17. The van der Waals surface area contributed by atoms with E-state index in [2.05, 4.69) is 10.4 Å². The fourth-order valence-electron chi connectivity index (χ4n) is 2.12. The van der Waals surface area contributed by atoms with E-state index in [9.17, 15) is 4.79 Å². The van der Waals surface area contributed by atoms with Crippen LogP contribution < -0.4 is 10.1 Å². The van der Waals surface area contributed by atoms with Gasteiger partial charge in [0.1, 0.15) is 5.75 Å². The number of aromatic nitrogens is 2. The van der Waals surface area contributed by atoms with Gasteiger partial charge in [-0.05, 0) is 31.5 Å². The number of rotatable bonds is 4. The third-order valence-corrected chi connectivity index (χ3v) is 3.60. The van der Waals surface area contributed by atoms with Gasteiger partial charge in [-0.3, -0.25) is 9.48 Å². The molecule has 0 radical (unpaired) electrons. The third kappa shape index (κ3) is 3.55. The number of anilines is 1. The molecule has 6 heteroatoms. The zero-order chi connectivity index (χ0) is 15.6. The van der Waals surface area contributed by atoms with Gasteiger partial charge in [-0.2, -0.15) is 5.10 Å². The average Bonchev–Trinajstić information content (AvgIpc) is 2.71. The summed E-state index contributed by atoms with van der Waals surface area (Å²) in [5, 5.41) is 7.68. The number of nitrogens with zero attached hydrogens (tertiary/aromatic N) is 2. The molecule has 2 aromatic rings. The van der Waals surface area contributed by atoms with Gasteiger partial charge < -0.3 is 10.1 Å². The molecule has 2 rings (SSSR count). The van der Waals surface area contributed by atoms with Crippen LogP contribution in [0.4, 0.5) is 5.69 Å². The van der Waals surface area contributed by atoms with Crippen molar-refractivity contribution in [3.63, 3.8) is 0 Å². The van der Waals surface area contributed by atoms with Gasteiger partial charge >= 0.3 is 0 Å². The summed E-state index contributed by atoms with van der Waals surface area (Å²) in [6.07, 6.45) is 0.252. The lowest BCUT2D eigenvalue weighted by Gasteiger charge is -2.12. The molecule has 0 aliphatic heterocycles. The van der Waals surface area contributed by atoms with Crippen LogP contribution in [0.15, 0.2) is 18.2 Å². The van der Waals surface area contributed by atoms with Crippen LogP contribution in [0, 0.1) is 13.8 Å². The molecule has 0 bridgehead atoms. The minimum absolute atomic E-state index is 0.127. The summed E-state index contributed by atoms with van der Waals surface area (Å²) in [6, 6.07) is 5.39. The molecule has 21 heavy (non-hydrogen) atoms. The van der Waals surface area contributed by atoms with E-state index in [1.807, 2.05) is 27.0 Å². The summed E-state index contributed by atoms with van der Waals surface area (Å²) in [7, 11) is 3.36. The van der Waals surface area contributed by atoms with E-state index in [-0.39, 0.29) is 12.3 Å². The van der Waals surface area contributed by atoms with Crippen molar-refractivity contribution in [2.24, 2.45) is 7.05 Å². The molecule has 0 spiro atoms. The molecule has 0 unspecified atom stereocenters. The largest absolute Gasteiger partial charge is 0.495 e. The monoisotopic (exact) mass is 307 g/mol. The maximum Gasteiger partial charge on any atom is 0.230 e. The van der Waals surface area contributed by atoms with Crippen LogP contribution in [0.5, 0.6) is 5.75 Å². The Morgan fingerprint density at radius 2 is 2.10 bits per heavy atom. The number of aryl methyl sites for hydroxylation is 3. The standard InChI is InChI=1S/C15H18ClN3O2/c1-9-5-13(14(21-4)8-12(9)16)17-15(20)7-11-6-10(2)18-19(11)3/h5-6,8H,7H2,1-4H3,(H,17,20). The number of halogens is 1. The highest BCUT2D eigenvalue weighted by Gasteiger charge is 2.12. The predicted octanol–water partition coefficient (Wildman–Crippen LogP) is 2.88. The SMILES string of the molecule is COc1cc(Cl)c(C)cc1NC(=O)Cc1cc(C)nn1C. The molecule has 0 saturated heterocycles. The Balaban J connectivity index is 2.16. The Kier molecular flexibility index (Phi) is 4.53. The van der Waals surface area contributed by atoms with Crippen LogP contribution in [-0.4, -0.2) is 22.8 Å². The zero-order valence-corrected chi connectivity index (χ0v) is 13.3. The molecule has 1 aromatic carbocycles. The zero-order valence-electron chi connectivity index (χ0n) is 12.5. The quantitative estimate of drug-likeness (QED) is 0.945. The molecule has 0 atom stereocenters. The summed E-state index contributed by atoms with van der Waals surface area (Å²) < 4.78 is 6.95. The van der Waals surface area contributed by atoms with Crippen LogP contribution in [0.2, 0.25) is 5.02 Å². The number of carbonyl (C=O) groups excluding carboxylic acids is 1. The molecular weight excluding hydrogens is 290 g/mol. The number of hydrogen-bond donors (Lipinski definition) is 1. The second-order valence-corrected chi connectivity index (χ2v) is 5.33. The van der Waals surface area contributed by atoms with E-state index in [0.717, 1.165) is 17.0 Å². The van der Waals surface area contributed by atoms with E-state index in [1.54, 1.807) is 23.9 Å². The van der Waals surface area contributed by atoms with Gasteiger partial charge in [0.2, 0.25) is 5.91 Å². The van der Waals surface area contributed by atoms with Crippen molar-refractivity contribution in [1.29, 1.82) is 0 Å². The number of ether oxygens (including phenoxy) is 1. The van der Waals surface area contributed by atoms with E-state index >= 15 is 0 Å². The maximum atomic E-state index is 12.2. The number of carbonyl (C=O) groups is 1. The minimum atomic E-state index is -0.127. The summed E-state index contributed by atoms with van der Waals surface area (Å²) in [6.45, 7) is 3.77. The normalized spacial score (nSPS) is 10.5. The van der Waals surface area contributed by atoms with Crippen molar-refractivity contribution in [2.45, 2.75) is 20.3 Å². The second-order valence-electron chi connectivity index (χ2n) is 4.93. The molecule has 0 aliphatic rings. The lowest BCUT2D eigenvalue weighted by molar-refractivity contribution is -0.115. The third-order valence-electron chi connectivity index (χ3n) is 3.20. The van der Waals surface area contributed by atoms with Gasteiger partial charge in [-0.25, -0.2) is 0 Å². The van der Waals surface area contributed by atoms with Crippen LogP contribution in [-0.2, 0) is 18.3 Å². The average molecular weight is 308 g/mol. The van der Waals surface area contributed by atoms with Crippen molar-refractivity contribution in [3.8, 4) is 5.75 Å². The first-order chi connectivity index (χ1) is 9.90. The number of benzene rings is 1. The topological polar surface area (TPSA) is 56.1 Å². The Hall–Kier alpha value is -2.01. The number of methoxy groups -OCH3 is 1. The summed E-state index contributed by atoms with van der Waals surface area (Å²) in [5.74, 6) is 0.415. The minimum Gasteiger partial charge on any atom is -0.495 e. The molecule has 1 aromatic heterocycles. The van der Waals surface area contributed by atoms with Crippen LogP contribution >= 0.6 is 11.6 Å². The summed E-state index contributed by atoms with van der Waals surface area (Å²) in [5.41, 5.74) is 3.24. The molecule has 0 aliphatic carbocycles. The Morgan fingerprint density at radius 3 is 2.67 bits per heavy atom. The molecule has 1 N–H and O–H groups in total. The van der Waals surface area contributed by atoms with Crippen molar-refractivity contribution < 1.29 is 9.53 Å². The maximum absolute atomic E-state index is 12.2. The highest BCUT2D eigenvalue weighted by Crippen LogP contribution is 2.31. The molecule has 0 saturated carbocycles. The number of nitrogens with one attached hydrogen (secondary N) is 1. The summed E-state index contributed by atoms with van der Waals surface area (Å²) >= 11 is 6.05. The summed E-state index contributed by atoms with van der Waals surface area (Å²) in [4.78, 5) is 12.2. The van der Waals surface area contributed by atoms with Crippen LogP contribution in [0.25, 0.3) is 0 Å². The van der Waals surface area contributed by atoms with Crippen molar-refractivity contribution in [2.75, 3.05) is 12.4 Å². The molecular formula is C15H18ClN3O2. The van der Waals surface area contributed by atoms with Gasteiger partial charge in [0.05, 0.1) is 24.9 Å². The number of amides is 1. The fraction of sp³-hybridized carbons (Fsp3) is 0.333. The van der Waals surface area contributed by atoms with Gasteiger partial charge in [-0.15, -0.1) is 0 Å². The predicted molar refractivity (Wildman–Crippen MR) is 83.0 cm³/mol. The fourth-order valence-corrected chi connectivity index (χ4v) is 2.27. The smallest absolute Gasteiger partial charge is 0.230 e. The molecule has 1 amide bonds. The van der Waals surface area contributed by atoms with E-state index in [0.29, 0.717) is 16.5 Å². The molecule has 0 fully saturated rings. The van der Waals surface area contributed by atoms with Gasteiger partial charge in [0, 0.05) is 23.8 Å². The van der Waals surface area contributed by atoms with Crippen LogP contribution in [0.3, 0.4) is 0 Å². The van der Waals surface area contributed by atoms with Gasteiger partial charge in [-0.1, -0.05) is 11.6 Å². The first-order valence-electron chi connectivity index (χ1n) is 6.54. The van der Waals surface area contributed by atoms with Crippen molar-refractivity contribution in [1.82, 2.24) is 9.78 Å². The van der Waals surface area contributed by atoms with E-state index in [1.165, 1.54) is 0 Å². The van der Waals surface area contributed by atoms with E-state index in [4.69, 9.17) is 16.3 Å². The highest BCUT2D eigenvalue weighted by molar-refractivity contribution is 6.31. The van der Waals surface area contributed by atoms with Crippen LogP contribution in [0.1, 0.15) is 17.0 Å². The van der Waals surface area contributed by atoms with E-state index < -0.39 is 0 Å². The molecule has 112 valence electrons. The van der Waals surface area contributed by atoms with Gasteiger partial charge in [0.15, 0.2) is 0 Å².